The summed E-state index contributed by atoms with van der Waals surface area (Å²) in [5.41, 5.74) is 0.789. The molecule has 0 saturated carbocycles. The molecule has 0 heterocycles. The minimum absolute atomic E-state index is 0.0259. The Balaban J connectivity index is 2.58. The van der Waals surface area contributed by atoms with Crippen molar-refractivity contribution in [1.29, 1.82) is 0 Å². The molecule has 0 amide bonds. The molecule has 2 N–H and O–H groups in total. The van der Waals surface area contributed by atoms with Crippen LogP contribution < -0.4 is 10.9 Å². The van der Waals surface area contributed by atoms with Gasteiger partial charge >= 0.3 is 0 Å². The highest BCUT2D eigenvalue weighted by Gasteiger charge is 2.07. The second kappa shape index (κ2) is 4.95. The minimum Gasteiger partial charge on any atom is -0.310 e. The molecule has 1 aromatic rings. The smallest absolute Gasteiger partial charge is 0.172 e. The van der Waals surface area contributed by atoms with Crippen molar-refractivity contribution in [2.24, 2.45) is 5.84 Å². The van der Waals surface area contributed by atoms with E-state index in [0.29, 0.717) is 0 Å². The molecule has 0 radical (unpaired) electrons. The molecule has 0 bridgehead atoms. The molecule has 82 valence electrons. The van der Waals surface area contributed by atoms with E-state index in [1.165, 1.54) is 5.01 Å². The molecule has 15 heavy (non-hydrogen) atoms. The van der Waals surface area contributed by atoms with Crippen LogP contribution >= 0.6 is 0 Å². The van der Waals surface area contributed by atoms with Gasteiger partial charge in [-0.15, -0.1) is 0 Å². The van der Waals surface area contributed by atoms with Crippen LogP contribution in [0.5, 0.6) is 0 Å². The minimum atomic E-state index is -3.18. The lowest BCUT2D eigenvalue weighted by Gasteiger charge is -2.17. The molecule has 1 aromatic carbocycles. The van der Waals surface area contributed by atoms with Crippen molar-refractivity contribution in [2.75, 3.05) is 17.3 Å². The fourth-order valence-corrected chi connectivity index (χ4v) is 1.68. The lowest BCUT2D eigenvalue weighted by molar-refractivity contribution is 0.603. The Kier molecular flexibility index (Phi) is 3.88. The Morgan fingerprint density at radius 1 is 1.33 bits per heavy atom. The lowest BCUT2D eigenvalue weighted by atomic mass is 10.3. The molecule has 0 aliphatic heterocycles. The maximum Gasteiger partial charge on any atom is 0.172 e. The van der Waals surface area contributed by atoms with Gasteiger partial charge in [0.1, 0.15) is 0 Å². The van der Waals surface area contributed by atoms with E-state index in [1.807, 2.05) is 30.3 Å². The lowest BCUT2D eigenvalue weighted by Crippen LogP contribution is -2.35. The van der Waals surface area contributed by atoms with Crippen LogP contribution in [0.4, 0.5) is 5.69 Å². The van der Waals surface area contributed by atoms with Crippen molar-refractivity contribution < 1.29 is 8.42 Å². The summed E-state index contributed by atoms with van der Waals surface area (Å²) in [6.07, 6.45) is 0. The summed E-state index contributed by atoms with van der Waals surface area (Å²) in [6.45, 7) is 3.48. The third-order valence-electron chi connectivity index (χ3n) is 1.96. The molecular formula is C10H14N2O2S. The first kappa shape index (κ1) is 11.7. The van der Waals surface area contributed by atoms with Gasteiger partial charge in [-0.25, -0.2) is 14.3 Å². The standard InChI is InChI=1S/C10H14N2O2S/c1-2-15(13,14)9-8-12(11)10-6-4-3-5-7-10/h2-7H,1,8-9,11H2. The van der Waals surface area contributed by atoms with E-state index >= 15 is 0 Å². The van der Waals surface area contributed by atoms with E-state index in [9.17, 15) is 8.42 Å². The number of anilines is 1. The van der Waals surface area contributed by atoms with Crippen LogP contribution in [0.1, 0.15) is 0 Å². The number of hydrazine groups is 1. The highest BCUT2D eigenvalue weighted by molar-refractivity contribution is 7.94. The van der Waals surface area contributed by atoms with E-state index in [0.717, 1.165) is 11.1 Å². The molecular weight excluding hydrogens is 212 g/mol. The maximum atomic E-state index is 11.1. The van der Waals surface area contributed by atoms with Gasteiger partial charge in [0.15, 0.2) is 9.84 Å². The molecule has 0 aromatic heterocycles. The van der Waals surface area contributed by atoms with Crippen LogP contribution in [-0.4, -0.2) is 20.7 Å². The predicted octanol–water partition coefficient (Wildman–Crippen LogP) is 0.925. The zero-order valence-electron chi connectivity index (χ0n) is 8.33. The number of hydrogen-bond acceptors (Lipinski definition) is 4. The molecule has 0 spiro atoms. The Morgan fingerprint density at radius 2 is 1.93 bits per heavy atom. The third kappa shape index (κ3) is 3.73. The highest BCUT2D eigenvalue weighted by Crippen LogP contribution is 2.08. The highest BCUT2D eigenvalue weighted by atomic mass is 32.2. The average Bonchev–Trinajstić information content (AvgIpc) is 2.27. The first-order valence-corrected chi connectivity index (χ1v) is 6.19. The van der Waals surface area contributed by atoms with Crippen LogP contribution in [0.25, 0.3) is 0 Å². The number of rotatable bonds is 5. The Morgan fingerprint density at radius 3 is 2.47 bits per heavy atom. The van der Waals surface area contributed by atoms with Crippen molar-refractivity contribution in [3.8, 4) is 0 Å². The normalized spacial score (nSPS) is 11.0. The van der Waals surface area contributed by atoms with Gasteiger partial charge in [0.05, 0.1) is 11.4 Å². The largest absolute Gasteiger partial charge is 0.310 e. The van der Waals surface area contributed by atoms with Crippen LogP contribution in [0.3, 0.4) is 0 Å². The van der Waals surface area contributed by atoms with Crippen LogP contribution in [-0.2, 0) is 9.84 Å². The van der Waals surface area contributed by atoms with Gasteiger partial charge in [-0.2, -0.15) is 0 Å². The van der Waals surface area contributed by atoms with Crippen molar-refractivity contribution in [1.82, 2.24) is 0 Å². The summed E-state index contributed by atoms with van der Waals surface area (Å²) in [5, 5.41) is 2.35. The summed E-state index contributed by atoms with van der Waals surface area (Å²) in [5.74, 6) is 5.67. The number of hydrogen-bond donors (Lipinski definition) is 1. The SMILES string of the molecule is C=CS(=O)(=O)CCN(N)c1ccccc1. The summed E-state index contributed by atoms with van der Waals surface area (Å²) in [4.78, 5) is 0. The Labute approximate surface area is 89.9 Å². The maximum absolute atomic E-state index is 11.1. The number of sulfone groups is 1. The molecule has 0 aliphatic carbocycles. The van der Waals surface area contributed by atoms with Crippen LogP contribution in [0.15, 0.2) is 42.3 Å². The summed E-state index contributed by atoms with van der Waals surface area (Å²) in [6, 6.07) is 9.20. The zero-order valence-corrected chi connectivity index (χ0v) is 9.15. The summed E-state index contributed by atoms with van der Waals surface area (Å²) >= 11 is 0. The van der Waals surface area contributed by atoms with Gasteiger partial charge in [-0.05, 0) is 12.1 Å². The van der Waals surface area contributed by atoms with Crippen molar-refractivity contribution in [3.63, 3.8) is 0 Å². The van der Waals surface area contributed by atoms with Gasteiger partial charge < -0.3 is 5.01 Å². The first-order valence-electron chi connectivity index (χ1n) is 4.47. The average molecular weight is 226 g/mol. The van der Waals surface area contributed by atoms with Crippen molar-refractivity contribution in [2.45, 2.75) is 0 Å². The number of benzene rings is 1. The van der Waals surface area contributed by atoms with Crippen LogP contribution in [0, 0.1) is 0 Å². The predicted molar refractivity (Wildman–Crippen MR) is 62.0 cm³/mol. The summed E-state index contributed by atoms with van der Waals surface area (Å²) < 4.78 is 22.3. The monoisotopic (exact) mass is 226 g/mol. The Bertz CT molecular complexity index is 414. The van der Waals surface area contributed by atoms with Gasteiger partial charge in [-0.1, -0.05) is 24.8 Å². The van der Waals surface area contributed by atoms with Gasteiger partial charge in [0.25, 0.3) is 0 Å². The van der Waals surface area contributed by atoms with Gasteiger partial charge in [0.2, 0.25) is 0 Å². The van der Waals surface area contributed by atoms with Crippen LogP contribution in [0.2, 0.25) is 0 Å². The first-order chi connectivity index (χ1) is 7.05. The third-order valence-corrected chi connectivity index (χ3v) is 3.22. The molecule has 0 atom stereocenters. The molecule has 0 fully saturated rings. The zero-order chi connectivity index (χ0) is 11.3. The molecule has 0 saturated heterocycles. The molecule has 1 rings (SSSR count). The number of nitrogens with two attached hydrogens (primary N) is 1. The van der Waals surface area contributed by atoms with Crippen molar-refractivity contribution in [3.05, 3.63) is 42.3 Å². The fraction of sp³-hybridized carbons (Fsp3) is 0.200. The van der Waals surface area contributed by atoms with E-state index in [1.54, 1.807) is 0 Å². The van der Waals surface area contributed by atoms with Gasteiger partial charge in [-0.3, -0.25) is 0 Å². The summed E-state index contributed by atoms with van der Waals surface area (Å²) in [7, 11) is -3.18. The number of para-hydroxylation sites is 1. The molecule has 5 heteroatoms. The van der Waals surface area contributed by atoms with E-state index in [2.05, 4.69) is 6.58 Å². The Hall–Kier alpha value is -1.33. The van der Waals surface area contributed by atoms with E-state index in [-0.39, 0.29) is 12.3 Å². The number of nitrogens with zero attached hydrogens (tertiary/aromatic N) is 1. The van der Waals surface area contributed by atoms with Crippen molar-refractivity contribution >= 4 is 15.5 Å². The topological polar surface area (TPSA) is 63.4 Å². The van der Waals surface area contributed by atoms with Gasteiger partial charge in [0, 0.05) is 12.0 Å². The molecule has 0 unspecified atom stereocenters. The quantitative estimate of drug-likeness (QED) is 0.599. The molecule has 0 aliphatic rings. The second-order valence-corrected chi connectivity index (χ2v) is 5.13. The van der Waals surface area contributed by atoms with E-state index < -0.39 is 9.84 Å². The van der Waals surface area contributed by atoms with E-state index in [4.69, 9.17) is 5.84 Å². The fourth-order valence-electron chi connectivity index (χ4n) is 1.06. The molecule has 4 nitrogen and oxygen atoms in total. The second-order valence-electron chi connectivity index (χ2n) is 3.06.